The van der Waals surface area contributed by atoms with Gasteiger partial charge in [0.1, 0.15) is 5.82 Å². The van der Waals surface area contributed by atoms with E-state index in [1.54, 1.807) is 6.07 Å². The van der Waals surface area contributed by atoms with Gasteiger partial charge >= 0.3 is 0 Å². The van der Waals surface area contributed by atoms with Gasteiger partial charge in [-0.05, 0) is 60.8 Å². The van der Waals surface area contributed by atoms with Crippen LogP contribution in [0.5, 0.6) is 0 Å². The minimum atomic E-state index is -0.368. The zero-order chi connectivity index (χ0) is 15.1. The SMILES string of the molecule is Fc1ccc(-c2cccc3c2[C@H]2CCNCC[C@@H]2N3)cc1Cl. The fourth-order valence-corrected chi connectivity index (χ4v) is 3.95. The summed E-state index contributed by atoms with van der Waals surface area (Å²) in [5, 5.41) is 7.32. The van der Waals surface area contributed by atoms with Crippen LogP contribution in [0.25, 0.3) is 11.1 Å². The Kier molecular flexibility index (Phi) is 3.55. The van der Waals surface area contributed by atoms with E-state index in [0.717, 1.165) is 31.5 Å². The lowest BCUT2D eigenvalue weighted by atomic mass is 9.86. The fraction of sp³-hybridized carbons (Fsp3) is 0.333. The van der Waals surface area contributed by atoms with Crippen LogP contribution in [0.3, 0.4) is 0 Å². The van der Waals surface area contributed by atoms with Crippen molar-refractivity contribution in [1.29, 1.82) is 0 Å². The maximum atomic E-state index is 13.5. The van der Waals surface area contributed by atoms with Crippen molar-refractivity contribution in [3.05, 3.63) is 52.8 Å². The molecule has 0 spiro atoms. The third-order valence-corrected chi connectivity index (χ3v) is 5.09. The van der Waals surface area contributed by atoms with Gasteiger partial charge in [-0.25, -0.2) is 4.39 Å². The van der Waals surface area contributed by atoms with Gasteiger partial charge in [0.15, 0.2) is 0 Å². The lowest BCUT2D eigenvalue weighted by Crippen LogP contribution is -2.21. The highest BCUT2D eigenvalue weighted by atomic mass is 35.5. The van der Waals surface area contributed by atoms with Crippen LogP contribution < -0.4 is 10.6 Å². The third kappa shape index (κ3) is 2.29. The van der Waals surface area contributed by atoms with Gasteiger partial charge in [0.05, 0.1) is 5.02 Å². The number of fused-ring (bicyclic) bond motifs is 3. The van der Waals surface area contributed by atoms with E-state index in [2.05, 4.69) is 28.8 Å². The zero-order valence-electron chi connectivity index (χ0n) is 12.2. The van der Waals surface area contributed by atoms with Gasteiger partial charge in [-0.2, -0.15) is 0 Å². The second-order valence-electron chi connectivity index (χ2n) is 6.08. The van der Waals surface area contributed by atoms with Gasteiger partial charge in [0, 0.05) is 17.6 Å². The highest BCUT2D eigenvalue weighted by Crippen LogP contribution is 2.45. The third-order valence-electron chi connectivity index (χ3n) is 4.80. The van der Waals surface area contributed by atoms with Crippen molar-refractivity contribution in [2.45, 2.75) is 24.8 Å². The number of nitrogens with one attached hydrogen (secondary N) is 2. The second-order valence-corrected chi connectivity index (χ2v) is 6.49. The molecule has 2 heterocycles. The van der Waals surface area contributed by atoms with E-state index >= 15 is 0 Å². The molecule has 2 aromatic carbocycles. The van der Waals surface area contributed by atoms with Crippen molar-refractivity contribution in [3.63, 3.8) is 0 Å². The number of rotatable bonds is 1. The van der Waals surface area contributed by atoms with Crippen LogP contribution in [0, 0.1) is 5.82 Å². The van der Waals surface area contributed by atoms with Gasteiger partial charge in [-0.3, -0.25) is 0 Å². The van der Waals surface area contributed by atoms with E-state index in [1.165, 1.54) is 22.9 Å². The molecule has 22 heavy (non-hydrogen) atoms. The molecule has 0 amide bonds. The van der Waals surface area contributed by atoms with Gasteiger partial charge in [0.25, 0.3) is 0 Å². The molecule has 0 unspecified atom stereocenters. The molecular formula is C18H18ClFN2. The minimum absolute atomic E-state index is 0.181. The van der Waals surface area contributed by atoms with E-state index in [1.807, 2.05) is 6.07 Å². The van der Waals surface area contributed by atoms with Gasteiger partial charge in [-0.15, -0.1) is 0 Å². The molecule has 0 radical (unpaired) electrons. The predicted molar refractivity (Wildman–Crippen MR) is 89.1 cm³/mol. The summed E-state index contributed by atoms with van der Waals surface area (Å²) >= 11 is 5.98. The van der Waals surface area contributed by atoms with Crippen molar-refractivity contribution in [3.8, 4) is 11.1 Å². The molecule has 2 aliphatic rings. The molecule has 0 aliphatic carbocycles. The molecule has 4 rings (SSSR count). The zero-order valence-corrected chi connectivity index (χ0v) is 13.0. The molecule has 2 aromatic rings. The summed E-state index contributed by atoms with van der Waals surface area (Å²) in [6.45, 7) is 2.10. The van der Waals surface area contributed by atoms with Crippen molar-refractivity contribution < 1.29 is 4.39 Å². The van der Waals surface area contributed by atoms with Crippen molar-refractivity contribution in [2.75, 3.05) is 18.4 Å². The number of halogens is 2. The first-order valence-electron chi connectivity index (χ1n) is 7.79. The topological polar surface area (TPSA) is 24.1 Å². The lowest BCUT2D eigenvalue weighted by Gasteiger charge is -2.18. The molecule has 2 atom stereocenters. The number of hydrogen-bond donors (Lipinski definition) is 2. The van der Waals surface area contributed by atoms with E-state index < -0.39 is 0 Å². The van der Waals surface area contributed by atoms with Crippen LogP contribution in [-0.2, 0) is 0 Å². The first-order chi connectivity index (χ1) is 10.7. The molecule has 0 saturated carbocycles. The lowest BCUT2D eigenvalue weighted by molar-refractivity contribution is 0.579. The molecule has 114 valence electrons. The first kappa shape index (κ1) is 14.0. The molecule has 1 fully saturated rings. The van der Waals surface area contributed by atoms with Gasteiger partial charge in [-0.1, -0.05) is 29.8 Å². The van der Waals surface area contributed by atoms with Crippen LogP contribution in [-0.4, -0.2) is 19.1 Å². The quantitative estimate of drug-likeness (QED) is 0.814. The Morgan fingerprint density at radius 2 is 1.95 bits per heavy atom. The number of benzene rings is 2. The molecular weight excluding hydrogens is 299 g/mol. The molecule has 2 N–H and O–H groups in total. The summed E-state index contributed by atoms with van der Waals surface area (Å²) in [6, 6.07) is 11.8. The summed E-state index contributed by atoms with van der Waals surface area (Å²) in [6.07, 6.45) is 2.25. The van der Waals surface area contributed by atoms with Gasteiger partial charge < -0.3 is 10.6 Å². The Labute approximate surface area is 134 Å². The van der Waals surface area contributed by atoms with Crippen molar-refractivity contribution >= 4 is 17.3 Å². The van der Waals surface area contributed by atoms with E-state index in [0.29, 0.717) is 12.0 Å². The van der Waals surface area contributed by atoms with Crippen molar-refractivity contribution in [2.24, 2.45) is 0 Å². The Balaban J connectivity index is 1.82. The smallest absolute Gasteiger partial charge is 0.141 e. The van der Waals surface area contributed by atoms with Crippen LogP contribution in [0.15, 0.2) is 36.4 Å². The summed E-state index contributed by atoms with van der Waals surface area (Å²) in [5.41, 5.74) is 4.73. The van der Waals surface area contributed by atoms with Gasteiger partial charge in [0.2, 0.25) is 0 Å². The maximum Gasteiger partial charge on any atom is 0.141 e. The predicted octanol–water partition coefficient (Wildman–Crippen LogP) is 4.41. The van der Waals surface area contributed by atoms with E-state index in [-0.39, 0.29) is 10.8 Å². The highest BCUT2D eigenvalue weighted by molar-refractivity contribution is 6.31. The monoisotopic (exact) mass is 316 g/mol. The molecule has 0 bridgehead atoms. The summed E-state index contributed by atoms with van der Waals surface area (Å²) < 4.78 is 13.5. The number of anilines is 1. The molecule has 4 heteroatoms. The average Bonchev–Trinajstić information content (AvgIpc) is 2.72. The van der Waals surface area contributed by atoms with Crippen molar-refractivity contribution in [1.82, 2.24) is 5.32 Å². The maximum absolute atomic E-state index is 13.5. The van der Waals surface area contributed by atoms with E-state index in [4.69, 9.17) is 11.6 Å². The summed E-state index contributed by atoms with van der Waals surface area (Å²) in [7, 11) is 0. The molecule has 2 aliphatic heterocycles. The molecule has 0 aromatic heterocycles. The highest BCUT2D eigenvalue weighted by Gasteiger charge is 2.34. The Morgan fingerprint density at radius 3 is 2.82 bits per heavy atom. The Bertz CT molecular complexity index is 716. The largest absolute Gasteiger partial charge is 0.381 e. The molecule has 1 saturated heterocycles. The summed E-state index contributed by atoms with van der Waals surface area (Å²) in [4.78, 5) is 0. The Hall–Kier alpha value is -1.58. The van der Waals surface area contributed by atoms with Crippen LogP contribution in [0.2, 0.25) is 5.02 Å². The fourth-order valence-electron chi connectivity index (χ4n) is 3.77. The standard InChI is InChI=1S/C18H18ClFN2/c19-14-10-11(4-5-15(14)20)12-2-1-3-17-18(12)13-6-8-21-9-7-16(13)22-17/h1-5,10,13,16,21-22H,6-9H2/t13-,16-/m0/s1. The normalized spacial score (nSPS) is 23.4. The average molecular weight is 317 g/mol. The van der Waals surface area contributed by atoms with Crippen LogP contribution in [0.4, 0.5) is 10.1 Å². The molecule has 2 nitrogen and oxygen atoms in total. The Morgan fingerprint density at radius 1 is 1.09 bits per heavy atom. The van der Waals surface area contributed by atoms with Crippen LogP contribution in [0.1, 0.15) is 24.3 Å². The number of hydrogen-bond acceptors (Lipinski definition) is 2. The first-order valence-corrected chi connectivity index (χ1v) is 8.17. The summed E-state index contributed by atoms with van der Waals surface area (Å²) in [5.74, 6) is 0.137. The second kappa shape index (κ2) is 5.56. The van der Waals surface area contributed by atoms with Crippen LogP contribution >= 0.6 is 11.6 Å². The minimum Gasteiger partial charge on any atom is -0.381 e. The van der Waals surface area contributed by atoms with E-state index in [9.17, 15) is 4.39 Å².